The minimum absolute atomic E-state index is 0.361. The van der Waals surface area contributed by atoms with Gasteiger partial charge in [-0.1, -0.05) is 12.2 Å². The predicted molar refractivity (Wildman–Crippen MR) is 279 cm³/mol. The first-order valence-corrected chi connectivity index (χ1v) is 25.2. The Bertz CT molecular complexity index is 3100. The van der Waals surface area contributed by atoms with Gasteiger partial charge in [-0.2, -0.15) is 10.2 Å². The van der Waals surface area contributed by atoms with Crippen LogP contribution in [-0.2, 0) is 35.7 Å². The zero-order valence-corrected chi connectivity index (χ0v) is 41.7. The first-order chi connectivity index (χ1) is 35.1. The molecule has 4 N–H and O–H groups in total. The number of morpholine rings is 2. The van der Waals surface area contributed by atoms with Crippen LogP contribution in [0.3, 0.4) is 0 Å². The van der Waals surface area contributed by atoms with E-state index >= 15 is 0 Å². The molecule has 8 aromatic rings. The van der Waals surface area contributed by atoms with Gasteiger partial charge in [0.2, 0.25) is 11.8 Å². The standard InChI is InChI=1S/C54H64N12O6/c1-5-65-47(25-35(3)59-65)43-31-45-41(33-57-43)39-27-37(53(55)67)29-49(71-19-9-11-61-15-21-69-22-16-61)51(39)63(45)13-7-8-14-64-46-32-44(48-26-36(4)60-66(48)6-2)58-34-42(46)40-28-38(54(56)68)30-50(52(40)64)72-20-10-12-62-17-23-70-24-18-62/h7-8,25-34H,5-6,9-24H2,1-4H3,(H2,55,67)(H2,56,68)/b8-7+. The van der Waals surface area contributed by atoms with Crippen LogP contribution >= 0.6 is 0 Å². The van der Waals surface area contributed by atoms with Gasteiger partial charge in [0.15, 0.2) is 0 Å². The van der Waals surface area contributed by atoms with Crippen LogP contribution < -0.4 is 20.9 Å². The molecule has 376 valence electrons. The maximum atomic E-state index is 12.9. The highest BCUT2D eigenvalue weighted by Crippen LogP contribution is 2.40. The Balaban J connectivity index is 1.06. The van der Waals surface area contributed by atoms with E-state index in [2.05, 4.69) is 69.2 Å². The average molecular weight is 977 g/mol. The van der Waals surface area contributed by atoms with Gasteiger partial charge in [-0.05, 0) is 89.1 Å². The van der Waals surface area contributed by atoms with Gasteiger partial charge in [-0.3, -0.25) is 38.7 Å². The quantitative estimate of drug-likeness (QED) is 0.0604. The van der Waals surface area contributed by atoms with E-state index in [1.165, 1.54) is 0 Å². The molecule has 6 aromatic heterocycles. The van der Waals surface area contributed by atoms with Crippen LogP contribution in [-0.4, -0.2) is 139 Å². The molecule has 18 nitrogen and oxygen atoms in total. The summed E-state index contributed by atoms with van der Waals surface area (Å²) in [5.41, 5.74) is 21.4. The summed E-state index contributed by atoms with van der Waals surface area (Å²) < 4.78 is 32.8. The number of allylic oxidation sites excluding steroid dienone is 2. The van der Waals surface area contributed by atoms with Crippen LogP contribution in [0.1, 0.15) is 58.8 Å². The molecular formula is C54H64N12O6. The fraction of sp³-hybridized carbons (Fsp3) is 0.407. The van der Waals surface area contributed by atoms with Crippen LogP contribution in [0.25, 0.3) is 66.4 Å². The van der Waals surface area contributed by atoms with Crippen molar-refractivity contribution >= 4 is 55.4 Å². The van der Waals surface area contributed by atoms with Crippen LogP contribution in [0, 0.1) is 13.8 Å². The Kier molecular flexibility index (Phi) is 14.4. The molecule has 8 heterocycles. The van der Waals surface area contributed by atoms with Crippen molar-refractivity contribution in [3.8, 4) is 34.3 Å². The zero-order valence-electron chi connectivity index (χ0n) is 41.7. The topological polar surface area (TPSA) is 201 Å². The van der Waals surface area contributed by atoms with Crippen molar-refractivity contribution in [2.24, 2.45) is 11.5 Å². The largest absolute Gasteiger partial charge is 0.491 e. The van der Waals surface area contributed by atoms with E-state index in [0.29, 0.717) is 62.0 Å². The highest BCUT2D eigenvalue weighted by atomic mass is 16.5. The van der Waals surface area contributed by atoms with Crippen molar-refractivity contribution in [2.75, 3.05) is 78.9 Å². The maximum Gasteiger partial charge on any atom is 0.248 e. The summed E-state index contributed by atoms with van der Waals surface area (Å²) in [6.45, 7) is 19.5. The summed E-state index contributed by atoms with van der Waals surface area (Å²) in [7, 11) is 0. The van der Waals surface area contributed by atoms with Gasteiger partial charge in [-0.25, -0.2) is 0 Å². The van der Waals surface area contributed by atoms with Gasteiger partial charge in [0.05, 0.1) is 95.9 Å². The molecule has 2 aliphatic heterocycles. The van der Waals surface area contributed by atoms with Gasteiger partial charge in [0.1, 0.15) is 11.5 Å². The first kappa shape index (κ1) is 48.5. The lowest BCUT2D eigenvalue weighted by molar-refractivity contribution is 0.0357. The van der Waals surface area contributed by atoms with E-state index in [-0.39, 0.29) is 0 Å². The molecular weight excluding hydrogens is 913 g/mol. The number of nitrogens with zero attached hydrogens (tertiary/aromatic N) is 10. The first-order valence-electron chi connectivity index (χ1n) is 25.2. The SMILES string of the molecule is CCn1nc(C)cc1-c1cc2c(cn1)c1cc(C(N)=O)cc(OCCCN3CCOCC3)c1n2C/C=C/Cn1c2cc(-c3cc(C)nn3CC)ncc2c2cc(C(N)=O)cc(OCCCN3CCOCC3)c21. The normalized spacial score (nSPS) is 15.0. The second-order valence-electron chi connectivity index (χ2n) is 18.6. The molecule has 2 aliphatic rings. The number of aryl methyl sites for hydroxylation is 4. The number of carbonyl (C=O) groups excluding carboxylic acids is 2. The number of aromatic nitrogens is 8. The van der Waals surface area contributed by atoms with Crippen LogP contribution in [0.2, 0.25) is 0 Å². The molecule has 0 radical (unpaired) electrons. The highest BCUT2D eigenvalue weighted by Gasteiger charge is 2.23. The molecule has 10 rings (SSSR count). The predicted octanol–water partition coefficient (Wildman–Crippen LogP) is 6.73. The van der Waals surface area contributed by atoms with E-state index in [0.717, 1.165) is 156 Å². The summed E-state index contributed by atoms with van der Waals surface area (Å²) in [6.07, 6.45) is 9.65. The lowest BCUT2D eigenvalue weighted by Gasteiger charge is -2.26. The van der Waals surface area contributed by atoms with Crippen LogP contribution in [0.15, 0.2) is 73.1 Å². The average Bonchev–Trinajstić information content (AvgIpc) is 4.15. The molecule has 0 aliphatic carbocycles. The van der Waals surface area contributed by atoms with Crippen molar-refractivity contribution in [3.05, 3.63) is 95.6 Å². The summed E-state index contributed by atoms with van der Waals surface area (Å²) >= 11 is 0. The van der Waals surface area contributed by atoms with Gasteiger partial charge < -0.3 is 39.5 Å². The van der Waals surface area contributed by atoms with Gasteiger partial charge in [0.25, 0.3) is 0 Å². The van der Waals surface area contributed by atoms with Gasteiger partial charge >= 0.3 is 0 Å². The number of hydrogen-bond acceptors (Lipinski definition) is 12. The number of amides is 2. The summed E-state index contributed by atoms with van der Waals surface area (Å²) in [4.78, 5) is 40.5. The molecule has 72 heavy (non-hydrogen) atoms. The highest BCUT2D eigenvalue weighted by molar-refractivity contribution is 6.14. The van der Waals surface area contributed by atoms with E-state index in [1.807, 2.05) is 47.7 Å². The Morgan fingerprint density at radius 1 is 0.597 bits per heavy atom. The molecule has 0 spiro atoms. The van der Waals surface area contributed by atoms with Crippen LogP contribution in [0.5, 0.6) is 11.5 Å². The molecule has 2 fully saturated rings. The molecule has 2 saturated heterocycles. The van der Waals surface area contributed by atoms with Gasteiger partial charge in [-0.15, -0.1) is 0 Å². The molecule has 0 unspecified atom stereocenters. The van der Waals surface area contributed by atoms with E-state index in [9.17, 15) is 9.59 Å². The smallest absolute Gasteiger partial charge is 0.248 e. The Morgan fingerprint density at radius 2 is 1.01 bits per heavy atom. The third-order valence-corrected chi connectivity index (χ3v) is 13.8. The van der Waals surface area contributed by atoms with Crippen molar-refractivity contribution in [1.29, 1.82) is 0 Å². The Labute approximate surface area is 418 Å². The molecule has 0 saturated carbocycles. The van der Waals surface area contributed by atoms with Crippen molar-refractivity contribution in [2.45, 2.75) is 66.7 Å². The second-order valence-corrected chi connectivity index (χ2v) is 18.6. The van der Waals surface area contributed by atoms with E-state index in [4.69, 9.17) is 50.6 Å². The van der Waals surface area contributed by atoms with Crippen molar-refractivity contribution < 1.29 is 28.5 Å². The molecule has 2 aromatic carbocycles. The van der Waals surface area contributed by atoms with Crippen LogP contribution in [0.4, 0.5) is 0 Å². The van der Waals surface area contributed by atoms with E-state index < -0.39 is 11.8 Å². The molecule has 18 heteroatoms. The Hall–Kier alpha value is -7.12. The molecule has 2 amide bonds. The molecule has 0 atom stereocenters. The van der Waals surface area contributed by atoms with Crippen molar-refractivity contribution in [3.63, 3.8) is 0 Å². The number of nitrogens with two attached hydrogens (primary N) is 2. The number of rotatable bonds is 20. The number of benzene rings is 2. The van der Waals surface area contributed by atoms with Crippen molar-refractivity contribution in [1.82, 2.24) is 48.5 Å². The third kappa shape index (κ3) is 9.91. The minimum Gasteiger partial charge on any atom is -0.491 e. The fourth-order valence-corrected chi connectivity index (χ4v) is 10.3. The summed E-state index contributed by atoms with van der Waals surface area (Å²) in [6, 6.07) is 15.5. The lowest BCUT2D eigenvalue weighted by Crippen LogP contribution is -2.37. The zero-order chi connectivity index (χ0) is 49.9. The lowest BCUT2D eigenvalue weighted by atomic mass is 10.1. The van der Waals surface area contributed by atoms with Gasteiger partial charge in [0, 0.05) is 111 Å². The Morgan fingerprint density at radius 3 is 1.40 bits per heavy atom. The number of pyridine rings is 2. The minimum atomic E-state index is -0.537. The van der Waals surface area contributed by atoms with E-state index in [1.54, 1.807) is 12.1 Å². The second kappa shape index (κ2) is 21.3. The third-order valence-electron chi connectivity index (χ3n) is 13.8. The number of carbonyl (C=O) groups is 2. The monoisotopic (exact) mass is 977 g/mol. The maximum absolute atomic E-state index is 12.9. The number of primary amides is 2. The fourth-order valence-electron chi connectivity index (χ4n) is 10.3. The molecule has 0 bridgehead atoms. The number of hydrogen-bond donors (Lipinski definition) is 2. The summed E-state index contributed by atoms with van der Waals surface area (Å²) in [5.74, 6) is 0.0806. The number of fused-ring (bicyclic) bond motifs is 6. The summed E-state index contributed by atoms with van der Waals surface area (Å²) in [5, 5.41) is 12.8. The number of ether oxygens (including phenoxy) is 4.